The molecule has 2 fully saturated rings. The van der Waals surface area contributed by atoms with E-state index in [1.165, 1.54) is 6.20 Å². The Morgan fingerprint density at radius 3 is 2.65 bits per heavy atom. The van der Waals surface area contributed by atoms with Crippen molar-refractivity contribution in [1.82, 2.24) is 9.97 Å². The summed E-state index contributed by atoms with van der Waals surface area (Å²) in [5.41, 5.74) is 9.45. The number of amides is 3. The lowest BCUT2D eigenvalue weighted by molar-refractivity contribution is -0.119. The zero-order valence-electron chi connectivity index (χ0n) is 25.6. The first-order valence-corrected chi connectivity index (χ1v) is 15.4. The van der Waals surface area contributed by atoms with E-state index in [-0.39, 0.29) is 29.8 Å². The molecule has 2 aromatic heterocycles. The summed E-state index contributed by atoms with van der Waals surface area (Å²) in [6.45, 7) is 3.52. The Bertz CT molecular complexity index is 1740. The van der Waals surface area contributed by atoms with Gasteiger partial charge in [-0.15, -0.1) is 0 Å². The number of nitrogens with one attached hydrogen (secondary N) is 2. The van der Waals surface area contributed by atoms with Crippen molar-refractivity contribution >= 4 is 51.6 Å². The molecular weight excluding hydrogens is 586 g/mol. The molecule has 0 radical (unpaired) electrons. The van der Waals surface area contributed by atoms with E-state index in [2.05, 4.69) is 15.6 Å². The summed E-state index contributed by atoms with van der Waals surface area (Å²) < 4.78 is 5.43. The molecule has 2 aromatic carbocycles. The Labute approximate surface area is 266 Å². The summed E-state index contributed by atoms with van der Waals surface area (Å²) in [4.78, 5) is 52.1. The van der Waals surface area contributed by atoms with Crippen LogP contribution in [0.3, 0.4) is 0 Å². The number of nitrogens with zero attached hydrogens (tertiary/aromatic N) is 4. The summed E-state index contributed by atoms with van der Waals surface area (Å²) in [6, 6.07) is 17.7. The molecule has 2 aliphatic heterocycles. The number of aromatic nitrogens is 2. The van der Waals surface area contributed by atoms with E-state index < -0.39 is 24.1 Å². The van der Waals surface area contributed by atoms with E-state index >= 15 is 0 Å². The fourth-order valence-electron chi connectivity index (χ4n) is 5.99. The summed E-state index contributed by atoms with van der Waals surface area (Å²) in [6.07, 6.45) is 4.05. The number of carbonyl (C=O) groups excluding carboxylic acids is 3. The van der Waals surface area contributed by atoms with Gasteiger partial charge in [-0.05, 0) is 42.7 Å². The number of hydrogen-bond donors (Lipinski definition) is 4. The maximum Gasteiger partial charge on any atom is 0.412 e. The fraction of sp³-hybridized carbons (Fsp3) is 0.324. The number of anilines is 4. The third-order valence-corrected chi connectivity index (χ3v) is 8.45. The SMILES string of the molecule is C[C@H]1CN(c2ccncc2NC(=O)c2nc3cc(N4CCCCC4=O)ccc3cc2NC(=O)OCc2ccccc2)C[C@@H](N)C1O. The van der Waals surface area contributed by atoms with Crippen molar-refractivity contribution < 1.29 is 24.2 Å². The minimum Gasteiger partial charge on any atom is -0.444 e. The van der Waals surface area contributed by atoms with Gasteiger partial charge in [0.25, 0.3) is 5.91 Å². The van der Waals surface area contributed by atoms with Crippen LogP contribution < -0.4 is 26.2 Å². The third-order valence-electron chi connectivity index (χ3n) is 8.45. The van der Waals surface area contributed by atoms with Gasteiger partial charge in [-0.25, -0.2) is 9.78 Å². The lowest BCUT2D eigenvalue weighted by Crippen LogP contribution is -2.55. The second-order valence-electron chi connectivity index (χ2n) is 11.8. The number of aliphatic hydroxyl groups excluding tert-OH is 1. The molecular formula is C34H37N7O5. The molecule has 0 aliphatic carbocycles. The van der Waals surface area contributed by atoms with Crippen molar-refractivity contribution in [3.8, 4) is 0 Å². The Balaban J connectivity index is 1.31. The van der Waals surface area contributed by atoms with Crippen molar-refractivity contribution in [2.75, 3.05) is 40.1 Å². The maximum atomic E-state index is 14.0. The van der Waals surface area contributed by atoms with Gasteiger partial charge in [0.05, 0.1) is 34.9 Å². The van der Waals surface area contributed by atoms with Crippen molar-refractivity contribution in [3.63, 3.8) is 0 Å². The summed E-state index contributed by atoms with van der Waals surface area (Å²) in [5, 5.41) is 16.7. The number of aliphatic hydroxyl groups is 1. The fourth-order valence-corrected chi connectivity index (χ4v) is 5.99. The smallest absolute Gasteiger partial charge is 0.412 e. The molecule has 2 aliphatic rings. The number of rotatable bonds is 7. The average molecular weight is 624 g/mol. The van der Waals surface area contributed by atoms with E-state index in [0.717, 1.165) is 18.4 Å². The van der Waals surface area contributed by atoms with Crippen LogP contribution in [0.25, 0.3) is 10.9 Å². The van der Waals surface area contributed by atoms with Crippen LogP contribution in [0.4, 0.5) is 27.5 Å². The Hall–Kier alpha value is -5.07. The zero-order valence-corrected chi connectivity index (χ0v) is 25.6. The molecule has 2 saturated heterocycles. The molecule has 6 rings (SSSR count). The highest BCUT2D eigenvalue weighted by Gasteiger charge is 2.32. The third kappa shape index (κ3) is 6.77. The summed E-state index contributed by atoms with van der Waals surface area (Å²) in [5.74, 6) is -0.615. The topological polar surface area (TPSA) is 163 Å². The lowest BCUT2D eigenvalue weighted by atomic mass is 9.92. The molecule has 12 heteroatoms. The van der Waals surface area contributed by atoms with Crippen LogP contribution in [-0.2, 0) is 16.1 Å². The summed E-state index contributed by atoms with van der Waals surface area (Å²) in [7, 11) is 0. The Morgan fingerprint density at radius 2 is 1.87 bits per heavy atom. The largest absolute Gasteiger partial charge is 0.444 e. The second kappa shape index (κ2) is 13.5. The van der Waals surface area contributed by atoms with Crippen LogP contribution in [0.1, 0.15) is 42.2 Å². The highest BCUT2D eigenvalue weighted by molar-refractivity contribution is 6.11. The zero-order chi connectivity index (χ0) is 32.2. The van der Waals surface area contributed by atoms with E-state index in [1.54, 1.807) is 29.3 Å². The number of fused-ring (bicyclic) bond motifs is 1. The van der Waals surface area contributed by atoms with E-state index in [0.29, 0.717) is 54.0 Å². The molecule has 0 spiro atoms. The van der Waals surface area contributed by atoms with Crippen LogP contribution in [-0.4, -0.2) is 64.8 Å². The predicted octanol–water partition coefficient (Wildman–Crippen LogP) is 4.29. The van der Waals surface area contributed by atoms with Crippen molar-refractivity contribution in [2.45, 2.75) is 44.9 Å². The number of nitrogens with two attached hydrogens (primary N) is 1. The molecule has 0 bridgehead atoms. The highest BCUT2D eigenvalue weighted by Crippen LogP contribution is 2.32. The Morgan fingerprint density at radius 1 is 1.04 bits per heavy atom. The molecule has 0 saturated carbocycles. The van der Waals surface area contributed by atoms with Crippen molar-refractivity contribution in [1.29, 1.82) is 0 Å². The van der Waals surface area contributed by atoms with Gasteiger partial charge < -0.3 is 30.7 Å². The molecule has 5 N–H and O–H groups in total. The number of hydrogen-bond acceptors (Lipinski definition) is 9. The van der Waals surface area contributed by atoms with Gasteiger partial charge in [-0.2, -0.15) is 0 Å². The van der Waals surface area contributed by atoms with Crippen molar-refractivity contribution in [2.24, 2.45) is 11.7 Å². The Kier molecular flexibility index (Phi) is 9.08. The number of carbonyl (C=O) groups is 3. The molecule has 4 heterocycles. The number of pyridine rings is 2. The van der Waals surface area contributed by atoms with E-state index in [4.69, 9.17) is 15.5 Å². The molecule has 3 amide bonds. The minimum absolute atomic E-state index is 0.0415. The molecule has 46 heavy (non-hydrogen) atoms. The number of benzene rings is 2. The second-order valence-corrected chi connectivity index (χ2v) is 11.8. The minimum atomic E-state index is -0.744. The lowest BCUT2D eigenvalue weighted by Gasteiger charge is -2.40. The first kappa shape index (κ1) is 30.9. The monoisotopic (exact) mass is 623 g/mol. The molecule has 4 aromatic rings. The predicted molar refractivity (Wildman–Crippen MR) is 176 cm³/mol. The highest BCUT2D eigenvalue weighted by atomic mass is 16.5. The molecule has 12 nitrogen and oxygen atoms in total. The summed E-state index contributed by atoms with van der Waals surface area (Å²) >= 11 is 0. The van der Waals surface area contributed by atoms with Gasteiger partial charge in [-0.1, -0.05) is 43.3 Å². The normalized spacial score (nSPS) is 20.0. The van der Waals surface area contributed by atoms with Gasteiger partial charge >= 0.3 is 6.09 Å². The first-order chi connectivity index (χ1) is 22.3. The maximum absolute atomic E-state index is 14.0. The first-order valence-electron chi connectivity index (χ1n) is 15.4. The van der Waals surface area contributed by atoms with E-state index in [9.17, 15) is 19.5 Å². The van der Waals surface area contributed by atoms with Gasteiger partial charge in [0.15, 0.2) is 5.69 Å². The van der Waals surface area contributed by atoms with Gasteiger partial charge in [0.1, 0.15) is 6.61 Å². The van der Waals surface area contributed by atoms with Crippen LogP contribution >= 0.6 is 0 Å². The standard InChI is InChI=1S/C34H37N7O5/c1-21-18-40(19-25(35)32(21)43)29-12-13-36-17-28(29)38-33(44)31-27(39-34(45)46-20-22-7-3-2-4-8-22)15-23-10-11-24(16-26(23)37-31)41-14-6-5-9-30(41)42/h2-4,7-8,10-13,15-17,21,25,32,43H,5-6,9,14,18-20,35H2,1H3,(H,38,44)(H,39,45)/t21-,25+,32?/m0/s1. The molecule has 238 valence electrons. The quantitative estimate of drug-likeness (QED) is 0.235. The molecule has 3 atom stereocenters. The van der Waals surface area contributed by atoms with Crippen LogP contribution in [0.2, 0.25) is 0 Å². The van der Waals surface area contributed by atoms with Crippen molar-refractivity contribution in [3.05, 3.63) is 84.3 Å². The van der Waals surface area contributed by atoms with Crippen LogP contribution in [0, 0.1) is 5.92 Å². The average Bonchev–Trinajstić information content (AvgIpc) is 3.06. The van der Waals surface area contributed by atoms with Crippen LogP contribution in [0.5, 0.6) is 0 Å². The number of piperidine rings is 2. The molecule has 1 unspecified atom stereocenters. The number of ether oxygens (including phenoxy) is 1. The van der Waals surface area contributed by atoms with E-state index in [1.807, 2.05) is 54.3 Å². The van der Waals surface area contributed by atoms with Crippen LogP contribution in [0.15, 0.2) is 73.1 Å². The van der Waals surface area contributed by atoms with Gasteiger partial charge in [-0.3, -0.25) is 19.9 Å². The van der Waals surface area contributed by atoms with Gasteiger partial charge in [0, 0.05) is 55.3 Å². The van der Waals surface area contributed by atoms with Gasteiger partial charge in [0.2, 0.25) is 5.91 Å².